The maximum Gasteiger partial charge on any atom is 0.414 e. The first-order valence-electron chi connectivity index (χ1n) is 9.96. The van der Waals surface area contributed by atoms with E-state index in [0.717, 1.165) is 5.56 Å². The first-order chi connectivity index (χ1) is 13.0. The number of hydrogen-bond acceptors (Lipinski definition) is 5. The van der Waals surface area contributed by atoms with E-state index < -0.39 is 24.4 Å². The van der Waals surface area contributed by atoms with Crippen molar-refractivity contribution in [1.29, 1.82) is 0 Å². The standard InChI is InChI=1S/C21H36NO5P/c1-9-21(10-2,28(24,25-11-3)26-12-4)17-13-15-18(16-14-17)22(8)19(23)27-20(5,6)7/h13-16H,9-12H2,1-8H3. The maximum absolute atomic E-state index is 13.7. The van der Waals surface area contributed by atoms with E-state index in [0.29, 0.717) is 31.7 Å². The molecule has 0 aliphatic heterocycles. The monoisotopic (exact) mass is 413 g/mol. The molecule has 7 heteroatoms. The average Bonchev–Trinajstić information content (AvgIpc) is 2.62. The number of benzene rings is 1. The van der Waals surface area contributed by atoms with Gasteiger partial charge < -0.3 is 13.8 Å². The van der Waals surface area contributed by atoms with Gasteiger partial charge in [0.2, 0.25) is 0 Å². The van der Waals surface area contributed by atoms with Crippen molar-refractivity contribution in [1.82, 2.24) is 0 Å². The number of rotatable bonds is 9. The molecule has 0 radical (unpaired) electrons. The third-order valence-electron chi connectivity index (χ3n) is 4.75. The van der Waals surface area contributed by atoms with Crippen LogP contribution >= 0.6 is 7.60 Å². The van der Waals surface area contributed by atoms with Crippen LogP contribution in [0.5, 0.6) is 0 Å². The predicted molar refractivity (Wildman–Crippen MR) is 114 cm³/mol. The molecule has 160 valence electrons. The van der Waals surface area contributed by atoms with Crippen LogP contribution in [0.15, 0.2) is 24.3 Å². The Morgan fingerprint density at radius 2 is 1.43 bits per heavy atom. The molecular weight excluding hydrogens is 377 g/mol. The zero-order chi connectivity index (χ0) is 21.6. The van der Waals surface area contributed by atoms with E-state index in [1.165, 1.54) is 4.90 Å². The van der Waals surface area contributed by atoms with Crippen molar-refractivity contribution < 1.29 is 23.1 Å². The molecule has 0 aromatic heterocycles. The molecule has 0 N–H and O–H groups in total. The second kappa shape index (κ2) is 9.91. The highest BCUT2D eigenvalue weighted by molar-refractivity contribution is 7.55. The van der Waals surface area contributed by atoms with E-state index in [9.17, 15) is 9.36 Å². The van der Waals surface area contributed by atoms with Crippen molar-refractivity contribution in [2.45, 2.75) is 72.1 Å². The van der Waals surface area contributed by atoms with Gasteiger partial charge in [0, 0.05) is 12.7 Å². The molecule has 0 aliphatic carbocycles. The fourth-order valence-electron chi connectivity index (χ4n) is 3.26. The first-order valence-corrected chi connectivity index (χ1v) is 11.5. The van der Waals surface area contributed by atoms with Crippen LogP contribution in [0.3, 0.4) is 0 Å². The first kappa shape index (κ1) is 24.7. The Morgan fingerprint density at radius 1 is 0.964 bits per heavy atom. The van der Waals surface area contributed by atoms with Gasteiger partial charge in [-0.1, -0.05) is 26.0 Å². The van der Waals surface area contributed by atoms with E-state index >= 15 is 0 Å². The van der Waals surface area contributed by atoms with Gasteiger partial charge in [0.25, 0.3) is 0 Å². The highest BCUT2D eigenvalue weighted by Crippen LogP contribution is 2.68. The van der Waals surface area contributed by atoms with Crippen molar-refractivity contribution in [3.63, 3.8) is 0 Å². The summed E-state index contributed by atoms with van der Waals surface area (Å²) in [7, 11) is -1.71. The van der Waals surface area contributed by atoms with Gasteiger partial charge >= 0.3 is 13.7 Å². The van der Waals surface area contributed by atoms with Gasteiger partial charge in [-0.25, -0.2) is 4.79 Å². The second-order valence-electron chi connectivity index (χ2n) is 7.66. The van der Waals surface area contributed by atoms with Gasteiger partial charge in [-0.05, 0) is 65.2 Å². The molecule has 0 unspecified atom stereocenters. The van der Waals surface area contributed by atoms with E-state index in [1.807, 2.05) is 72.7 Å². The summed E-state index contributed by atoms with van der Waals surface area (Å²) in [6.07, 6.45) is 0.802. The van der Waals surface area contributed by atoms with Gasteiger partial charge in [0.1, 0.15) is 5.60 Å². The van der Waals surface area contributed by atoms with E-state index in [4.69, 9.17) is 13.8 Å². The molecule has 0 aliphatic rings. The van der Waals surface area contributed by atoms with E-state index in [-0.39, 0.29) is 0 Å². The Hall–Kier alpha value is -1.36. The summed E-state index contributed by atoms with van der Waals surface area (Å²) in [5, 5.41) is -0.734. The normalized spacial score (nSPS) is 12.7. The molecule has 1 rings (SSSR count). The van der Waals surface area contributed by atoms with E-state index in [2.05, 4.69) is 0 Å². The van der Waals surface area contributed by atoms with Crippen LogP contribution in [-0.4, -0.2) is 32.0 Å². The Bertz CT molecular complexity index is 667. The molecule has 1 aromatic carbocycles. The highest BCUT2D eigenvalue weighted by atomic mass is 31.2. The molecule has 0 fully saturated rings. The summed E-state index contributed by atoms with van der Waals surface area (Å²) < 4.78 is 30.4. The number of nitrogens with zero attached hydrogens (tertiary/aromatic N) is 1. The molecule has 0 atom stereocenters. The third kappa shape index (κ3) is 5.37. The smallest absolute Gasteiger partial charge is 0.414 e. The lowest BCUT2D eigenvalue weighted by Gasteiger charge is -2.38. The number of carbonyl (C=O) groups excluding carboxylic acids is 1. The van der Waals surface area contributed by atoms with Crippen LogP contribution in [0.2, 0.25) is 0 Å². The summed E-state index contributed by atoms with van der Waals surface area (Å²) in [4.78, 5) is 13.8. The van der Waals surface area contributed by atoms with Gasteiger partial charge in [-0.3, -0.25) is 9.46 Å². The number of amides is 1. The topological polar surface area (TPSA) is 65.1 Å². The molecular formula is C21H36NO5P. The van der Waals surface area contributed by atoms with Crippen LogP contribution in [0.1, 0.15) is 66.9 Å². The largest absolute Gasteiger partial charge is 0.443 e. The number of ether oxygens (including phenoxy) is 1. The van der Waals surface area contributed by atoms with Gasteiger partial charge in [-0.15, -0.1) is 0 Å². The fourth-order valence-corrected chi connectivity index (χ4v) is 5.75. The van der Waals surface area contributed by atoms with Gasteiger partial charge in [0.05, 0.1) is 18.4 Å². The van der Waals surface area contributed by atoms with Crippen molar-refractivity contribution in [2.75, 3.05) is 25.2 Å². The van der Waals surface area contributed by atoms with Crippen LogP contribution in [-0.2, 0) is 23.5 Å². The molecule has 0 saturated heterocycles. The molecule has 1 amide bonds. The molecule has 6 nitrogen and oxygen atoms in total. The third-order valence-corrected chi connectivity index (χ3v) is 7.89. The summed E-state index contributed by atoms with van der Waals surface area (Å²) in [5.41, 5.74) is 1.01. The predicted octanol–water partition coefficient (Wildman–Crippen LogP) is 6.34. The molecule has 0 spiro atoms. The van der Waals surface area contributed by atoms with Crippen molar-refractivity contribution in [3.8, 4) is 0 Å². The molecule has 0 heterocycles. The Kier molecular flexibility index (Phi) is 8.73. The van der Waals surface area contributed by atoms with Crippen molar-refractivity contribution in [2.24, 2.45) is 0 Å². The lowest BCUT2D eigenvalue weighted by atomic mass is 9.92. The number of anilines is 1. The summed E-state index contributed by atoms with van der Waals surface area (Å²) in [5.74, 6) is 0. The van der Waals surface area contributed by atoms with Crippen LogP contribution in [0.25, 0.3) is 0 Å². The zero-order valence-corrected chi connectivity index (χ0v) is 19.5. The zero-order valence-electron chi connectivity index (χ0n) is 18.6. The summed E-state index contributed by atoms with van der Waals surface area (Å²) in [6.45, 7) is 13.8. The van der Waals surface area contributed by atoms with E-state index in [1.54, 1.807) is 7.05 Å². The highest BCUT2D eigenvalue weighted by Gasteiger charge is 2.49. The number of carbonyl (C=O) groups is 1. The molecule has 0 bridgehead atoms. The molecule has 28 heavy (non-hydrogen) atoms. The fraction of sp³-hybridized carbons (Fsp3) is 0.667. The maximum atomic E-state index is 13.7. The number of hydrogen-bond donors (Lipinski definition) is 0. The van der Waals surface area contributed by atoms with Crippen LogP contribution in [0.4, 0.5) is 10.5 Å². The summed E-state index contributed by atoms with van der Waals surface area (Å²) in [6, 6.07) is 7.46. The average molecular weight is 413 g/mol. The minimum absolute atomic E-state index is 0.318. The molecule has 1 aromatic rings. The molecule has 0 saturated carbocycles. The Morgan fingerprint density at radius 3 is 1.79 bits per heavy atom. The minimum Gasteiger partial charge on any atom is -0.443 e. The van der Waals surface area contributed by atoms with Gasteiger partial charge in [0.15, 0.2) is 0 Å². The van der Waals surface area contributed by atoms with Crippen molar-refractivity contribution in [3.05, 3.63) is 29.8 Å². The Balaban J connectivity index is 3.27. The summed E-state index contributed by atoms with van der Waals surface area (Å²) >= 11 is 0. The quantitative estimate of drug-likeness (QED) is 0.442. The lowest BCUT2D eigenvalue weighted by Crippen LogP contribution is -2.34. The SMILES string of the molecule is CCOP(=O)(OCC)C(CC)(CC)c1ccc(N(C)C(=O)OC(C)(C)C)cc1. The van der Waals surface area contributed by atoms with Crippen LogP contribution < -0.4 is 4.90 Å². The second-order valence-corrected chi connectivity index (χ2v) is 10.0. The lowest BCUT2D eigenvalue weighted by molar-refractivity contribution is 0.0589. The van der Waals surface area contributed by atoms with Gasteiger partial charge in [-0.2, -0.15) is 0 Å². The van der Waals surface area contributed by atoms with Crippen LogP contribution in [0, 0.1) is 0 Å². The minimum atomic E-state index is -3.37. The van der Waals surface area contributed by atoms with Crippen molar-refractivity contribution >= 4 is 19.4 Å². The Labute approximate surface area is 170 Å².